The molecule has 2 N–H and O–H groups in total. The lowest BCUT2D eigenvalue weighted by molar-refractivity contribution is 0.0652. The average molecular weight is 324 g/mol. The van der Waals surface area contributed by atoms with Crippen molar-refractivity contribution in [1.82, 2.24) is 10.2 Å². The maximum atomic E-state index is 12.3. The van der Waals surface area contributed by atoms with Gasteiger partial charge in [0.05, 0.1) is 11.1 Å². The van der Waals surface area contributed by atoms with Crippen LogP contribution < -0.4 is 5.32 Å². The number of hydrogen-bond acceptors (Lipinski definition) is 4. The second-order valence-corrected chi connectivity index (χ2v) is 5.93. The van der Waals surface area contributed by atoms with E-state index in [9.17, 15) is 14.7 Å². The number of carbonyl (C=O) groups excluding carboxylic acids is 2. The molecule has 0 aliphatic carbocycles. The first-order valence-corrected chi connectivity index (χ1v) is 8.05. The molecule has 0 spiro atoms. The van der Waals surface area contributed by atoms with Crippen LogP contribution in [0.4, 0.5) is 0 Å². The molecule has 0 aromatic heterocycles. The Morgan fingerprint density at radius 3 is 2.33 bits per heavy atom. The number of carbonyl (C=O) groups is 2. The molecule has 0 saturated carbocycles. The van der Waals surface area contributed by atoms with Crippen molar-refractivity contribution in [2.45, 2.75) is 19.4 Å². The fourth-order valence-corrected chi connectivity index (χ4v) is 2.91. The van der Waals surface area contributed by atoms with Crippen molar-refractivity contribution in [1.29, 1.82) is 0 Å². The molecule has 1 heterocycles. The minimum atomic E-state index is -0.211. The van der Waals surface area contributed by atoms with Gasteiger partial charge in [-0.15, -0.1) is 0 Å². The molecule has 0 unspecified atom stereocenters. The first-order chi connectivity index (χ1) is 11.6. The van der Waals surface area contributed by atoms with E-state index in [1.807, 2.05) is 19.1 Å². The Morgan fingerprint density at radius 1 is 1.04 bits per heavy atom. The number of phenols is 1. The highest BCUT2D eigenvalue weighted by Crippen LogP contribution is 2.22. The van der Waals surface area contributed by atoms with Crippen molar-refractivity contribution in [2.24, 2.45) is 0 Å². The molecule has 1 atom stereocenters. The summed E-state index contributed by atoms with van der Waals surface area (Å²) >= 11 is 0. The van der Waals surface area contributed by atoms with E-state index < -0.39 is 0 Å². The van der Waals surface area contributed by atoms with Crippen LogP contribution in [-0.2, 0) is 0 Å². The van der Waals surface area contributed by atoms with Crippen molar-refractivity contribution < 1.29 is 14.7 Å². The standard InChI is InChI=1S/C19H20N2O3/c1-13(14-6-4-7-15(22)12-14)20-10-5-11-21-18(23)16-8-2-3-9-17(16)19(21)24/h2-4,6-9,12-13,20,22H,5,10-11H2,1H3/t13-/m0/s1. The molecule has 1 aliphatic rings. The topological polar surface area (TPSA) is 69.6 Å². The van der Waals surface area contributed by atoms with Gasteiger partial charge in [-0.3, -0.25) is 14.5 Å². The van der Waals surface area contributed by atoms with Crippen molar-refractivity contribution in [2.75, 3.05) is 13.1 Å². The Kier molecular flexibility index (Phi) is 4.62. The van der Waals surface area contributed by atoms with Gasteiger partial charge in [-0.1, -0.05) is 24.3 Å². The van der Waals surface area contributed by atoms with Crippen LogP contribution in [0.1, 0.15) is 45.7 Å². The second-order valence-electron chi connectivity index (χ2n) is 5.93. The van der Waals surface area contributed by atoms with Crippen LogP contribution >= 0.6 is 0 Å². The van der Waals surface area contributed by atoms with Crippen LogP contribution in [0.5, 0.6) is 5.75 Å². The van der Waals surface area contributed by atoms with Crippen LogP contribution in [0.25, 0.3) is 0 Å². The smallest absolute Gasteiger partial charge is 0.261 e. The lowest BCUT2D eigenvalue weighted by Gasteiger charge is -2.17. The number of benzene rings is 2. The van der Waals surface area contributed by atoms with Gasteiger partial charge in [-0.2, -0.15) is 0 Å². The SMILES string of the molecule is C[C@H](NCCCN1C(=O)c2ccccc2C1=O)c1cccc(O)c1. The molecular weight excluding hydrogens is 304 g/mol. The van der Waals surface area contributed by atoms with Gasteiger partial charge in [0.15, 0.2) is 0 Å². The molecule has 3 rings (SSSR count). The summed E-state index contributed by atoms with van der Waals surface area (Å²) < 4.78 is 0. The summed E-state index contributed by atoms with van der Waals surface area (Å²) in [7, 11) is 0. The molecule has 2 aromatic carbocycles. The molecular formula is C19H20N2O3. The summed E-state index contributed by atoms with van der Waals surface area (Å²) in [6, 6.07) is 14.1. The van der Waals surface area contributed by atoms with Crippen molar-refractivity contribution in [3.63, 3.8) is 0 Å². The van der Waals surface area contributed by atoms with E-state index in [4.69, 9.17) is 0 Å². The zero-order valence-corrected chi connectivity index (χ0v) is 13.5. The van der Waals surface area contributed by atoms with Crippen LogP contribution in [0.2, 0.25) is 0 Å². The van der Waals surface area contributed by atoms with E-state index in [0.717, 1.165) is 5.56 Å². The average Bonchev–Trinajstić information content (AvgIpc) is 2.83. The predicted molar refractivity (Wildman–Crippen MR) is 91.0 cm³/mol. The zero-order valence-electron chi connectivity index (χ0n) is 13.5. The van der Waals surface area contributed by atoms with E-state index in [1.165, 1.54) is 4.90 Å². The van der Waals surface area contributed by atoms with Gasteiger partial charge in [0.1, 0.15) is 5.75 Å². The van der Waals surface area contributed by atoms with Gasteiger partial charge in [-0.25, -0.2) is 0 Å². The number of amides is 2. The molecule has 5 nitrogen and oxygen atoms in total. The minimum absolute atomic E-state index is 0.0827. The van der Waals surface area contributed by atoms with E-state index in [2.05, 4.69) is 5.32 Å². The quantitative estimate of drug-likeness (QED) is 0.633. The third-order valence-corrected chi connectivity index (χ3v) is 4.26. The van der Waals surface area contributed by atoms with Gasteiger partial charge >= 0.3 is 0 Å². The molecule has 0 fully saturated rings. The van der Waals surface area contributed by atoms with Crippen LogP contribution in [0.3, 0.4) is 0 Å². The summed E-state index contributed by atoms with van der Waals surface area (Å²) in [4.78, 5) is 25.8. The van der Waals surface area contributed by atoms with E-state index in [0.29, 0.717) is 30.6 Å². The number of rotatable bonds is 6. The number of hydrogen-bond donors (Lipinski definition) is 2. The van der Waals surface area contributed by atoms with Crippen LogP contribution in [0.15, 0.2) is 48.5 Å². The Bertz CT molecular complexity index is 738. The number of nitrogens with zero attached hydrogens (tertiary/aromatic N) is 1. The largest absolute Gasteiger partial charge is 0.508 e. The first kappa shape index (κ1) is 16.2. The number of imide groups is 1. The van der Waals surface area contributed by atoms with E-state index in [1.54, 1.807) is 36.4 Å². The fourth-order valence-electron chi connectivity index (χ4n) is 2.91. The highest BCUT2D eigenvalue weighted by Gasteiger charge is 2.34. The van der Waals surface area contributed by atoms with Crippen LogP contribution in [-0.4, -0.2) is 34.9 Å². The van der Waals surface area contributed by atoms with Crippen molar-refractivity contribution in [3.05, 3.63) is 65.2 Å². The molecule has 0 radical (unpaired) electrons. The highest BCUT2D eigenvalue weighted by molar-refractivity contribution is 6.21. The first-order valence-electron chi connectivity index (χ1n) is 8.05. The molecule has 124 valence electrons. The number of aromatic hydroxyl groups is 1. The summed E-state index contributed by atoms with van der Waals surface area (Å²) in [6.07, 6.45) is 0.675. The lowest BCUT2D eigenvalue weighted by atomic mass is 10.1. The predicted octanol–water partition coefficient (Wildman–Crippen LogP) is 2.73. The van der Waals surface area contributed by atoms with E-state index >= 15 is 0 Å². The van der Waals surface area contributed by atoms with Crippen molar-refractivity contribution >= 4 is 11.8 Å². The van der Waals surface area contributed by atoms with Crippen LogP contribution in [0, 0.1) is 0 Å². The molecule has 2 amide bonds. The van der Waals surface area contributed by atoms with Gasteiger partial charge in [-0.05, 0) is 49.7 Å². The fraction of sp³-hybridized carbons (Fsp3) is 0.263. The van der Waals surface area contributed by atoms with E-state index in [-0.39, 0.29) is 23.6 Å². The maximum absolute atomic E-state index is 12.3. The Labute approximate surface area is 140 Å². The normalized spacial score (nSPS) is 14.8. The van der Waals surface area contributed by atoms with Gasteiger partial charge < -0.3 is 10.4 Å². The number of phenolic OH excluding ortho intramolecular Hbond substituents is 1. The Balaban J connectivity index is 1.51. The zero-order chi connectivity index (χ0) is 17.1. The summed E-state index contributed by atoms with van der Waals surface area (Å²) in [6.45, 7) is 3.08. The summed E-state index contributed by atoms with van der Waals surface area (Å²) in [5, 5.41) is 12.9. The molecule has 24 heavy (non-hydrogen) atoms. The summed E-state index contributed by atoms with van der Waals surface area (Å²) in [5.74, 6) is -0.180. The Hall–Kier alpha value is -2.66. The monoisotopic (exact) mass is 324 g/mol. The Morgan fingerprint density at radius 2 is 1.71 bits per heavy atom. The summed E-state index contributed by atoms with van der Waals surface area (Å²) in [5.41, 5.74) is 1.97. The molecule has 0 bridgehead atoms. The minimum Gasteiger partial charge on any atom is -0.508 e. The third kappa shape index (κ3) is 3.16. The van der Waals surface area contributed by atoms with Crippen molar-refractivity contribution in [3.8, 4) is 5.75 Å². The molecule has 0 saturated heterocycles. The maximum Gasteiger partial charge on any atom is 0.261 e. The highest BCUT2D eigenvalue weighted by atomic mass is 16.3. The second kappa shape index (κ2) is 6.84. The lowest BCUT2D eigenvalue weighted by Crippen LogP contribution is -2.32. The molecule has 1 aliphatic heterocycles. The number of nitrogens with one attached hydrogen (secondary N) is 1. The van der Waals surface area contributed by atoms with Gasteiger partial charge in [0.25, 0.3) is 11.8 Å². The number of fused-ring (bicyclic) bond motifs is 1. The third-order valence-electron chi connectivity index (χ3n) is 4.26. The molecule has 2 aromatic rings. The molecule has 5 heteroatoms. The van der Waals surface area contributed by atoms with Gasteiger partial charge in [0.2, 0.25) is 0 Å². The van der Waals surface area contributed by atoms with Gasteiger partial charge in [0, 0.05) is 12.6 Å².